The second-order valence-corrected chi connectivity index (χ2v) is 5.73. The maximum absolute atomic E-state index is 12.5. The summed E-state index contributed by atoms with van der Waals surface area (Å²) in [5.74, 6) is -0.919. The number of ether oxygens (including phenoxy) is 3. The number of nitrogens with one attached hydrogen (secondary N) is 1. The molecule has 1 aromatic carbocycles. The summed E-state index contributed by atoms with van der Waals surface area (Å²) in [6, 6.07) is 3.70. The third kappa shape index (κ3) is 4.96. The van der Waals surface area contributed by atoms with Crippen molar-refractivity contribution in [3.05, 3.63) is 36.4 Å². The zero-order valence-corrected chi connectivity index (χ0v) is 14.2. The number of methoxy groups -OCH3 is 1. The van der Waals surface area contributed by atoms with Crippen molar-refractivity contribution in [3.8, 4) is 11.5 Å². The van der Waals surface area contributed by atoms with E-state index >= 15 is 0 Å². The average Bonchev–Trinajstić information content (AvgIpc) is 2.64. The Morgan fingerprint density at radius 2 is 2.28 bits per heavy atom. The van der Waals surface area contributed by atoms with Gasteiger partial charge in [0.25, 0.3) is 5.91 Å². The Labute approximate surface area is 146 Å². The molecule has 0 aliphatic carbocycles. The van der Waals surface area contributed by atoms with Gasteiger partial charge in [-0.25, -0.2) is 4.79 Å². The summed E-state index contributed by atoms with van der Waals surface area (Å²) in [7, 11) is 1.47. The summed E-state index contributed by atoms with van der Waals surface area (Å²) in [5.41, 5.74) is 0.297. The Hall–Kier alpha value is -2.54. The summed E-state index contributed by atoms with van der Waals surface area (Å²) in [6.45, 7) is 4.84. The minimum Gasteiger partial charge on any atom is -0.493 e. The van der Waals surface area contributed by atoms with Gasteiger partial charge in [0.05, 0.1) is 13.7 Å². The lowest BCUT2D eigenvalue weighted by molar-refractivity contribution is -0.142. The molecule has 0 spiro atoms. The quantitative estimate of drug-likeness (QED) is 0.696. The van der Waals surface area contributed by atoms with Crippen molar-refractivity contribution in [3.63, 3.8) is 0 Å². The number of hydrogen-bond donors (Lipinski definition) is 2. The highest BCUT2D eigenvalue weighted by molar-refractivity contribution is 5.97. The predicted molar refractivity (Wildman–Crippen MR) is 91.1 cm³/mol. The third-order valence-corrected chi connectivity index (χ3v) is 4.00. The maximum Gasteiger partial charge on any atom is 0.326 e. The summed E-state index contributed by atoms with van der Waals surface area (Å²) in [5, 5.41) is 12.0. The van der Waals surface area contributed by atoms with Gasteiger partial charge in [0, 0.05) is 18.1 Å². The molecule has 1 aliphatic heterocycles. The lowest BCUT2D eigenvalue weighted by atomic mass is 9.93. The van der Waals surface area contributed by atoms with Gasteiger partial charge in [0.2, 0.25) is 0 Å². The first-order valence-corrected chi connectivity index (χ1v) is 8.10. The van der Waals surface area contributed by atoms with Crippen molar-refractivity contribution in [1.29, 1.82) is 0 Å². The van der Waals surface area contributed by atoms with Crippen LogP contribution in [0.15, 0.2) is 30.9 Å². The Balaban J connectivity index is 2.12. The lowest BCUT2D eigenvalue weighted by Gasteiger charge is -2.28. The molecule has 1 aromatic rings. The molecule has 7 heteroatoms. The van der Waals surface area contributed by atoms with Gasteiger partial charge in [-0.15, -0.1) is 0 Å². The van der Waals surface area contributed by atoms with Crippen LogP contribution in [0.1, 0.15) is 23.2 Å². The van der Waals surface area contributed by atoms with E-state index in [1.807, 2.05) is 0 Å². The average molecular weight is 349 g/mol. The number of carbonyl (C=O) groups excluding carboxylic acids is 1. The van der Waals surface area contributed by atoms with Gasteiger partial charge in [-0.3, -0.25) is 4.79 Å². The van der Waals surface area contributed by atoms with Crippen LogP contribution in [-0.4, -0.2) is 50.0 Å². The molecule has 0 radical (unpaired) electrons. The fourth-order valence-corrected chi connectivity index (χ4v) is 2.71. The van der Waals surface area contributed by atoms with E-state index in [1.54, 1.807) is 18.2 Å². The zero-order valence-electron chi connectivity index (χ0n) is 14.2. The Bertz CT molecular complexity index is 624. The van der Waals surface area contributed by atoms with E-state index in [0.717, 1.165) is 6.42 Å². The fourth-order valence-electron chi connectivity index (χ4n) is 2.71. The molecule has 2 N–H and O–H groups in total. The molecule has 2 rings (SSSR count). The number of benzene rings is 1. The first kappa shape index (κ1) is 18.8. The molecule has 1 amide bonds. The molecule has 0 aromatic heterocycles. The van der Waals surface area contributed by atoms with Gasteiger partial charge in [-0.2, -0.15) is 0 Å². The van der Waals surface area contributed by atoms with E-state index in [9.17, 15) is 14.7 Å². The van der Waals surface area contributed by atoms with Crippen LogP contribution >= 0.6 is 0 Å². The molecule has 25 heavy (non-hydrogen) atoms. The summed E-state index contributed by atoms with van der Waals surface area (Å²) < 4.78 is 16.0. The maximum atomic E-state index is 12.5. The zero-order chi connectivity index (χ0) is 18.2. The highest BCUT2D eigenvalue weighted by Crippen LogP contribution is 2.28. The van der Waals surface area contributed by atoms with Crippen molar-refractivity contribution in [1.82, 2.24) is 5.32 Å². The summed E-state index contributed by atoms with van der Waals surface area (Å²) >= 11 is 0. The van der Waals surface area contributed by atoms with Crippen LogP contribution in [0.3, 0.4) is 0 Å². The normalized spacial score (nSPS) is 18.0. The SMILES string of the molecule is C=CCOc1ccc(C(=O)NC(C(=O)O)C2CCCOC2)cc1OC. The van der Waals surface area contributed by atoms with Gasteiger partial charge in [0.15, 0.2) is 11.5 Å². The van der Waals surface area contributed by atoms with E-state index < -0.39 is 17.9 Å². The standard InChI is InChI=1S/C18H23NO6/c1-3-8-25-14-7-6-12(10-15(14)23-2)17(20)19-16(18(21)22)13-5-4-9-24-11-13/h3,6-7,10,13,16H,1,4-5,8-9,11H2,2H3,(H,19,20)(H,21,22). The third-order valence-electron chi connectivity index (χ3n) is 4.00. The largest absolute Gasteiger partial charge is 0.493 e. The van der Waals surface area contributed by atoms with Crippen LogP contribution < -0.4 is 14.8 Å². The van der Waals surface area contributed by atoms with Gasteiger partial charge in [0.1, 0.15) is 12.6 Å². The summed E-state index contributed by atoms with van der Waals surface area (Å²) in [6.07, 6.45) is 3.09. The molecule has 2 unspecified atom stereocenters. The minimum atomic E-state index is -1.07. The van der Waals surface area contributed by atoms with E-state index in [0.29, 0.717) is 43.3 Å². The molecule has 0 bridgehead atoms. The first-order chi connectivity index (χ1) is 12.1. The highest BCUT2D eigenvalue weighted by Gasteiger charge is 2.31. The van der Waals surface area contributed by atoms with Crippen molar-refractivity contribution in [2.24, 2.45) is 5.92 Å². The lowest BCUT2D eigenvalue weighted by Crippen LogP contribution is -2.48. The van der Waals surface area contributed by atoms with Crippen LogP contribution in [0.2, 0.25) is 0 Å². The number of hydrogen-bond acceptors (Lipinski definition) is 5. The van der Waals surface area contributed by atoms with E-state index in [2.05, 4.69) is 11.9 Å². The first-order valence-electron chi connectivity index (χ1n) is 8.10. The molecule has 1 saturated heterocycles. The van der Waals surface area contributed by atoms with Crippen LogP contribution in [0.5, 0.6) is 11.5 Å². The Morgan fingerprint density at radius 3 is 2.88 bits per heavy atom. The molecule has 7 nitrogen and oxygen atoms in total. The molecule has 0 saturated carbocycles. The molecular weight excluding hydrogens is 326 g/mol. The van der Waals surface area contributed by atoms with Crippen molar-refractivity contribution in [2.75, 3.05) is 26.9 Å². The van der Waals surface area contributed by atoms with Crippen LogP contribution in [-0.2, 0) is 9.53 Å². The monoisotopic (exact) mass is 349 g/mol. The topological polar surface area (TPSA) is 94.1 Å². The fraction of sp³-hybridized carbons (Fsp3) is 0.444. The van der Waals surface area contributed by atoms with Gasteiger partial charge >= 0.3 is 5.97 Å². The van der Waals surface area contributed by atoms with E-state index in [-0.39, 0.29) is 5.92 Å². The summed E-state index contributed by atoms with van der Waals surface area (Å²) in [4.78, 5) is 24.0. The molecule has 2 atom stereocenters. The second kappa shape index (κ2) is 9.08. The number of carboxylic acid groups (broad SMARTS) is 1. The van der Waals surface area contributed by atoms with Gasteiger partial charge in [-0.1, -0.05) is 12.7 Å². The smallest absolute Gasteiger partial charge is 0.326 e. The van der Waals surface area contributed by atoms with Crippen molar-refractivity contribution < 1.29 is 28.9 Å². The molecule has 1 aliphatic rings. The Kier molecular flexibility index (Phi) is 6.82. The number of aliphatic carboxylic acids is 1. The molecule has 1 heterocycles. The van der Waals surface area contributed by atoms with Crippen LogP contribution in [0, 0.1) is 5.92 Å². The number of rotatable bonds is 8. The van der Waals surface area contributed by atoms with Crippen molar-refractivity contribution >= 4 is 11.9 Å². The molecule has 1 fully saturated rings. The second-order valence-electron chi connectivity index (χ2n) is 5.73. The van der Waals surface area contributed by atoms with Crippen molar-refractivity contribution in [2.45, 2.75) is 18.9 Å². The molecule has 136 valence electrons. The molecular formula is C18H23NO6. The van der Waals surface area contributed by atoms with E-state index in [4.69, 9.17) is 14.2 Å². The van der Waals surface area contributed by atoms with Crippen LogP contribution in [0.4, 0.5) is 0 Å². The predicted octanol–water partition coefficient (Wildman–Crippen LogP) is 1.87. The van der Waals surface area contributed by atoms with Gasteiger partial charge in [-0.05, 0) is 31.0 Å². The highest BCUT2D eigenvalue weighted by atomic mass is 16.5. The van der Waals surface area contributed by atoms with Gasteiger partial charge < -0.3 is 24.6 Å². The van der Waals surface area contributed by atoms with Crippen LogP contribution in [0.25, 0.3) is 0 Å². The minimum absolute atomic E-state index is 0.243. The Morgan fingerprint density at radius 1 is 1.48 bits per heavy atom. The number of amides is 1. The number of carboxylic acids is 1. The number of carbonyl (C=O) groups is 2. The van der Waals surface area contributed by atoms with E-state index in [1.165, 1.54) is 13.2 Å².